The Morgan fingerprint density at radius 1 is 1.12 bits per heavy atom. The molecular weight excluding hydrogens is 283 g/mol. The summed E-state index contributed by atoms with van der Waals surface area (Å²) in [5, 5.41) is 0. The molecule has 0 amide bonds. The molecule has 2 nitrogen and oxygen atoms in total. The number of nitrogens with zero attached hydrogens (tertiary/aromatic N) is 2. The molecule has 0 spiro atoms. The standard InChI is InChI=1S/C13H8BrFN2/c14-9-5-6-10(15)13(7-9)17-8-16-11-3-1-2-4-12(11)17/h1-8H. The number of imidazole rings is 1. The van der Waals surface area contributed by atoms with Gasteiger partial charge in [-0.15, -0.1) is 0 Å². The van der Waals surface area contributed by atoms with E-state index in [1.807, 2.05) is 24.3 Å². The van der Waals surface area contributed by atoms with Gasteiger partial charge >= 0.3 is 0 Å². The highest BCUT2D eigenvalue weighted by atomic mass is 79.9. The smallest absolute Gasteiger partial charge is 0.147 e. The van der Waals surface area contributed by atoms with Gasteiger partial charge in [-0.3, -0.25) is 4.57 Å². The Balaban J connectivity index is 2.31. The van der Waals surface area contributed by atoms with Gasteiger partial charge in [-0.05, 0) is 30.3 Å². The van der Waals surface area contributed by atoms with E-state index in [-0.39, 0.29) is 5.82 Å². The fourth-order valence-corrected chi connectivity index (χ4v) is 2.17. The maximum atomic E-state index is 13.8. The lowest BCUT2D eigenvalue weighted by atomic mass is 10.2. The molecule has 0 atom stereocenters. The summed E-state index contributed by atoms with van der Waals surface area (Å²) in [6.45, 7) is 0. The fourth-order valence-electron chi connectivity index (χ4n) is 1.82. The first-order valence-electron chi connectivity index (χ1n) is 5.13. The van der Waals surface area contributed by atoms with Crippen molar-refractivity contribution in [2.24, 2.45) is 0 Å². The largest absolute Gasteiger partial charge is 0.296 e. The Hall–Kier alpha value is -1.68. The maximum absolute atomic E-state index is 13.8. The molecule has 0 aliphatic rings. The van der Waals surface area contributed by atoms with Gasteiger partial charge in [0.15, 0.2) is 0 Å². The van der Waals surface area contributed by atoms with Crippen LogP contribution in [-0.4, -0.2) is 9.55 Å². The molecule has 84 valence electrons. The van der Waals surface area contributed by atoms with E-state index < -0.39 is 0 Å². The van der Waals surface area contributed by atoms with E-state index in [4.69, 9.17) is 0 Å². The van der Waals surface area contributed by atoms with Crippen LogP contribution in [0.2, 0.25) is 0 Å². The van der Waals surface area contributed by atoms with Crippen molar-refractivity contribution in [3.63, 3.8) is 0 Å². The van der Waals surface area contributed by atoms with E-state index in [1.165, 1.54) is 6.07 Å². The molecule has 2 aromatic carbocycles. The van der Waals surface area contributed by atoms with Gasteiger partial charge in [0.2, 0.25) is 0 Å². The summed E-state index contributed by atoms with van der Waals surface area (Å²) in [4.78, 5) is 4.25. The molecule has 3 aromatic rings. The van der Waals surface area contributed by atoms with Crippen LogP contribution in [0.25, 0.3) is 16.7 Å². The van der Waals surface area contributed by atoms with Crippen molar-refractivity contribution in [1.82, 2.24) is 9.55 Å². The van der Waals surface area contributed by atoms with Crippen LogP contribution >= 0.6 is 15.9 Å². The third-order valence-electron chi connectivity index (χ3n) is 2.62. The second-order valence-corrected chi connectivity index (χ2v) is 4.61. The highest BCUT2D eigenvalue weighted by Gasteiger charge is 2.08. The third-order valence-corrected chi connectivity index (χ3v) is 3.11. The molecule has 1 heterocycles. The van der Waals surface area contributed by atoms with Crippen molar-refractivity contribution in [3.05, 3.63) is 59.1 Å². The number of rotatable bonds is 1. The molecule has 0 unspecified atom stereocenters. The Kier molecular flexibility index (Phi) is 2.44. The maximum Gasteiger partial charge on any atom is 0.147 e. The predicted molar refractivity (Wildman–Crippen MR) is 68.7 cm³/mol. The van der Waals surface area contributed by atoms with Gasteiger partial charge in [0, 0.05) is 4.47 Å². The van der Waals surface area contributed by atoms with Crippen LogP contribution in [-0.2, 0) is 0 Å². The van der Waals surface area contributed by atoms with Crippen molar-refractivity contribution in [2.45, 2.75) is 0 Å². The van der Waals surface area contributed by atoms with Gasteiger partial charge in [-0.1, -0.05) is 28.1 Å². The minimum atomic E-state index is -0.267. The summed E-state index contributed by atoms with van der Waals surface area (Å²) >= 11 is 3.35. The molecule has 0 saturated carbocycles. The van der Waals surface area contributed by atoms with Crippen LogP contribution in [0.4, 0.5) is 4.39 Å². The molecular formula is C13H8BrFN2. The topological polar surface area (TPSA) is 17.8 Å². The summed E-state index contributed by atoms with van der Waals surface area (Å²) in [5.41, 5.74) is 2.24. The van der Waals surface area contributed by atoms with E-state index in [1.54, 1.807) is 23.0 Å². The van der Waals surface area contributed by atoms with E-state index in [9.17, 15) is 4.39 Å². The number of halogens is 2. The van der Waals surface area contributed by atoms with Crippen molar-refractivity contribution in [2.75, 3.05) is 0 Å². The SMILES string of the molecule is Fc1ccc(Br)cc1-n1cnc2ccccc21. The van der Waals surface area contributed by atoms with E-state index >= 15 is 0 Å². The molecule has 0 bridgehead atoms. The Morgan fingerprint density at radius 3 is 2.82 bits per heavy atom. The zero-order valence-corrected chi connectivity index (χ0v) is 10.4. The zero-order chi connectivity index (χ0) is 11.8. The number of hydrogen-bond donors (Lipinski definition) is 0. The Morgan fingerprint density at radius 2 is 1.94 bits per heavy atom. The summed E-state index contributed by atoms with van der Waals surface area (Å²) in [5.74, 6) is -0.267. The molecule has 1 aromatic heterocycles. The monoisotopic (exact) mass is 290 g/mol. The zero-order valence-electron chi connectivity index (χ0n) is 8.77. The molecule has 0 aliphatic heterocycles. The van der Waals surface area contributed by atoms with E-state index in [0.29, 0.717) is 5.69 Å². The summed E-state index contributed by atoms with van der Waals surface area (Å²) in [7, 11) is 0. The van der Waals surface area contributed by atoms with Gasteiger partial charge in [0.05, 0.1) is 16.7 Å². The van der Waals surface area contributed by atoms with Gasteiger partial charge in [0.1, 0.15) is 12.1 Å². The van der Waals surface area contributed by atoms with Gasteiger partial charge < -0.3 is 0 Å². The second kappa shape index (κ2) is 3.96. The minimum Gasteiger partial charge on any atom is -0.296 e. The summed E-state index contributed by atoms with van der Waals surface area (Å²) < 4.78 is 16.4. The number of aromatic nitrogens is 2. The van der Waals surface area contributed by atoms with Crippen molar-refractivity contribution in [3.8, 4) is 5.69 Å². The first-order chi connectivity index (χ1) is 8.25. The molecule has 0 N–H and O–H groups in total. The van der Waals surface area contributed by atoms with Crippen LogP contribution in [0.1, 0.15) is 0 Å². The lowest BCUT2D eigenvalue weighted by Crippen LogP contribution is -1.95. The highest BCUT2D eigenvalue weighted by Crippen LogP contribution is 2.23. The minimum absolute atomic E-state index is 0.267. The highest BCUT2D eigenvalue weighted by molar-refractivity contribution is 9.10. The number of benzene rings is 2. The average Bonchev–Trinajstić information content (AvgIpc) is 2.76. The number of para-hydroxylation sites is 2. The van der Waals surface area contributed by atoms with Crippen molar-refractivity contribution >= 4 is 27.0 Å². The van der Waals surface area contributed by atoms with Gasteiger partial charge in [-0.25, -0.2) is 9.37 Å². The molecule has 0 fully saturated rings. The van der Waals surface area contributed by atoms with Gasteiger partial charge in [0.25, 0.3) is 0 Å². The van der Waals surface area contributed by atoms with Crippen molar-refractivity contribution < 1.29 is 4.39 Å². The molecule has 0 radical (unpaired) electrons. The predicted octanol–water partition coefficient (Wildman–Crippen LogP) is 3.93. The van der Waals surface area contributed by atoms with Crippen LogP contribution < -0.4 is 0 Å². The lowest BCUT2D eigenvalue weighted by molar-refractivity contribution is 0.619. The van der Waals surface area contributed by atoms with Crippen LogP contribution in [0.15, 0.2) is 53.3 Å². The average molecular weight is 291 g/mol. The van der Waals surface area contributed by atoms with E-state index in [2.05, 4.69) is 20.9 Å². The number of fused-ring (bicyclic) bond motifs is 1. The summed E-state index contributed by atoms with van der Waals surface area (Å²) in [6, 6.07) is 12.5. The molecule has 4 heteroatoms. The van der Waals surface area contributed by atoms with Crippen molar-refractivity contribution in [1.29, 1.82) is 0 Å². The second-order valence-electron chi connectivity index (χ2n) is 3.70. The van der Waals surface area contributed by atoms with Gasteiger partial charge in [-0.2, -0.15) is 0 Å². The fraction of sp³-hybridized carbons (Fsp3) is 0. The Labute approximate surface area is 106 Å². The van der Waals surface area contributed by atoms with Crippen LogP contribution in [0.3, 0.4) is 0 Å². The molecule has 3 rings (SSSR count). The lowest BCUT2D eigenvalue weighted by Gasteiger charge is -2.06. The quantitative estimate of drug-likeness (QED) is 0.664. The van der Waals surface area contributed by atoms with E-state index in [0.717, 1.165) is 15.5 Å². The summed E-state index contributed by atoms with van der Waals surface area (Å²) in [6.07, 6.45) is 1.63. The first kappa shape index (κ1) is 10.5. The number of hydrogen-bond acceptors (Lipinski definition) is 1. The molecule has 0 saturated heterocycles. The first-order valence-corrected chi connectivity index (χ1v) is 5.92. The normalized spacial score (nSPS) is 10.9. The van der Waals surface area contributed by atoms with Crippen LogP contribution in [0.5, 0.6) is 0 Å². The molecule has 17 heavy (non-hydrogen) atoms. The third kappa shape index (κ3) is 1.74. The van der Waals surface area contributed by atoms with Crippen LogP contribution in [0, 0.1) is 5.82 Å². The Bertz CT molecular complexity index is 691. The molecule has 0 aliphatic carbocycles.